The van der Waals surface area contributed by atoms with Crippen molar-refractivity contribution in [2.45, 2.75) is 32.7 Å². The molecule has 1 aromatic heterocycles. The Bertz CT molecular complexity index is 1150. The average Bonchev–Trinajstić information content (AvgIpc) is 3.23. The second-order valence-corrected chi connectivity index (χ2v) is 8.33. The van der Waals surface area contributed by atoms with E-state index in [9.17, 15) is 9.59 Å². The highest BCUT2D eigenvalue weighted by Crippen LogP contribution is 2.30. The van der Waals surface area contributed by atoms with Gasteiger partial charge in [-0.25, -0.2) is 0 Å². The van der Waals surface area contributed by atoms with E-state index in [2.05, 4.69) is 10.2 Å². The van der Waals surface area contributed by atoms with Gasteiger partial charge in [0, 0.05) is 17.6 Å². The van der Waals surface area contributed by atoms with Gasteiger partial charge in [-0.3, -0.25) is 14.5 Å². The number of hydrogen-bond donors (Lipinski definition) is 1. The molecular weight excluding hydrogens is 400 g/mol. The highest BCUT2D eigenvalue weighted by atomic mass is 35.5. The van der Waals surface area contributed by atoms with Gasteiger partial charge in [-0.15, -0.1) is 0 Å². The molecule has 1 amide bonds. The van der Waals surface area contributed by atoms with E-state index in [1.165, 1.54) is 6.07 Å². The number of benzene rings is 2. The van der Waals surface area contributed by atoms with Crippen molar-refractivity contribution in [1.29, 1.82) is 0 Å². The monoisotopic (exact) mass is 424 g/mol. The van der Waals surface area contributed by atoms with Gasteiger partial charge < -0.3 is 9.73 Å². The number of halogens is 1. The number of hydrogen-bond acceptors (Lipinski definition) is 4. The fraction of sp³-hybridized carbons (Fsp3) is 0.333. The van der Waals surface area contributed by atoms with E-state index in [-0.39, 0.29) is 17.2 Å². The topological polar surface area (TPSA) is 62.6 Å². The van der Waals surface area contributed by atoms with Crippen LogP contribution in [0.15, 0.2) is 51.7 Å². The van der Waals surface area contributed by atoms with Crippen molar-refractivity contribution in [3.05, 3.63) is 80.2 Å². The van der Waals surface area contributed by atoms with Crippen LogP contribution in [0, 0.1) is 13.8 Å². The van der Waals surface area contributed by atoms with Gasteiger partial charge in [-0.2, -0.15) is 0 Å². The number of rotatable bonds is 5. The first-order chi connectivity index (χ1) is 14.4. The van der Waals surface area contributed by atoms with Crippen LogP contribution in [0.25, 0.3) is 11.0 Å². The number of fused-ring (bicyclic) bond motifs is 1. The molecule has 1 aliphatic heterocycles. The minimum Gasteiger partial charge on any atom is -0.451 e. The first kappa shape index (κ1) is 20.6. The molecule has 0 aliphatic carbocycles. The first-order valence-electron chi connectivity index (χ1n) is 10.3. The standard InChI is InChI=1S/C24H25ClN2O3/c1-15-11-16(2)23-20(28)13-22(30-21(23)12-15)24(29)26-14-19(27-9-5-6-10-27)17-7-3-4-8-18(17)25/h3-4,7-8,11-13,19H,5-6,9-10,14H2,1-2H3,(H,26,29)/t19-/m0/s1. The number of nitrogens with zero attached hydrogens (tertiary/aromatic N) is 1. The molecule has 2 heterocycles. The van der Waals surface area contributed by atoms with Crippen LogP contribution in [-0.4, -0.2) is 30.4 Å². The average molecular weight is 425 g/mol. The molecule has 1 fully saturated rings. The third-order valence-electron chi connectivity index (χ3n) is 5.70. The summed E-state index contributed by atoms with van der Waals surface area (Å²) in [7, 11) is 0. The number of carbonyl (C=O) groups excluding carboxylic acids is 1. The van der Waals surface area contributed by atoms with E-state index in [1.807, 2.05) is 44.2 Å². The fourth-order valence-electron chi connectivity index (χ4n) is 4.29. The molecule has 0 radical (unpaired) electrons. The number of aryl methyl sites for hydroxylation is 2. The summed E-state index contributed by atoms with van der Waals surface area (Å²) >= 11 is 6.45. The number of carbonyl (C=O) groups is 1. The zero-order chi connectivity index (χ0) is 21.3. The van der Waals surface area contributed by atoms with E-state index in [1.54, 1.807) is 6.07 Å². The normalized spacial score (nSPS) is 15.4. The van der Waals surface area contributed by atoms with Gasteiger partial charge in [-0.1, -0.05) is 35.9 Å². The number of likely N-dealkylation sites (tertiary alicyclic amines) is 1. The van der Waals surface area contributed by atoms with Crippen molar-refractivity contribution >= 4 is 28.5 Å². The Morgan fingerprint density at radius 1 is 1.17 bits per heavy atom. The summed E-state index contributed by atoms with van der Waals surface area (Å²) < 4.78 is 5.80. The molecule has 6 heteroatoms. The van der Waals surface area contributed by atoms with E-state index in [0.717, 1.165) is 42.6 Å². The summed E-state index contributed by atoms with van der Waals surface area (Å²) in [5.74, 6) is -0.374. The van der Waals surface area contributed by atoms with Gasteiger partial charge in [0.05, 0.1) is 11.4 Å². The lowest BCUT2D eigenvalue weighted by molar-refractivity contribution is 0.0910. The van der Waals surface area contributed by atoms with E-state index >= 15 is 0 Å². The van der Waals surface area contributed by atoms with Gasteiger partial charge in [0.2, 0.25) is 0 Å². The fourth-order valence-corrected chi connectivity index (χ4v) is 4.55. The summed E-state index contributed by atoms with van der Waals surface area (Å²) in [6.07, 6.45) is 2.26. The van der Waals surface area contributed by atoms with Crippen molar-refractivity contribution in [2.24, 2.45) is 0 Å². The van der Waals surface area contributed by atoms with Gasteiger partial charge >= 0.3 is 0 Å². The summed E-state index contributed by atoms with van der Waals surface area (Å²) in [5, 5.41) is 4.15. The Morgan fingerprint density at radius 3 is 2.63 bits per heavy atom. The lowest BCUT2D eigenvalue weighted by Gasteiger charge is -2.28. The van der Waals surface area contributed by atoms with Gasteiger partial charge in [0.25, 0.3) is 5.91 Å². The maximum absolute atomic E-state index is 12.9. The molecule has 1 aliphatic rings. The second kappa shape index (κ2) is 8.62. The third kappa shape index (κ3) is 4.13. The van der Waals surface area contributed by atoms with Gasteiger partial charge in [-0.05, 0) is 68.6 Å². The zero-order valence-electron chi connectivity index (χ0n) is 17.2. The maximum Gasteiger partial charge on any atom is 0.287 e. The predicted octanol–water partition coefficient (Wildman–Crippen LogP) is 4.63. The van der Waals surface area contributed by atoms with Crippen molar-refractivity contribution in [3.8, 4) is 0 Å². The van der Waals surface area contributed by atoms with E-state index in [0.29, 0.717) is 22.5 Å². The van der Waals surface area contributed by atoms with Gasteiger partial charge in [0.1, 0.15) is 5.58 Å². The van der Waals surface area contributed by atoms with Crippen LogP contribution >= 0.6 is 11.6 Å². The van der Waals surface area contributed by atoms with Gasteiger partial charge in [0.15, 0.2) is 11.2 Å². The van der Waals surface area contributed by atoms with E-state index < -0.39 is 5.91 Å². The number of amides is 1. The van der Waals surface area contributed by atoms with Crippen molar-refractivity contribution in [1.82, 2.24) is 10.2 Å². The molecule has 3 aromatic rings. The molecule has 156 valence electrons. The van der Waals surface area contributed by atoms with Crippen LogP contribution < -0.4 is 10.7 Å². The molecule has 1 saturated heterocycles. The smallest absolute Gasteiger partial charge is 0.287 e. The molecule has 1 atom stereocenters. The maximum atomic E-state index is 12.9. The highest BCUT2D eigenvalue weighted by molar-refractivity contribution is 6.31. The minimum atomic E-state index is -0.399. The van der Waals surface area contributed by atoms with Crippen molar-refractivity contribution < 1.29 is 9.21 Å². The molecule has 0 bridgehead atoms. The summed E-state index contributed by atoms with van der Waals surface area (Å²) in [6, 6.07) is 12.7. The minimum absolute atomic E-state index is 0.0248. The summed E-state index contributed by atoms with van der Waals surface area (Å²) in [4.78, 5) is 27.8. The lowest BCUT2D eigenvalue weighted by atomic mass is 10.1. The molecule has 4 rings (SSSR count). The van der Waals surface area contributed by atoms with Crippen LogP contribution in [0.5, 0.6) is 0 Å². The lowest BCUT2D eigenvalue weighted by Crippen LogP contribution is -2.37. The molecule has 1 N–H and O–H groups in total. The molecule has 30 heavy (non-hydrogen) atoms. The molecular formula is C24H25ClN2O3. The zero-order valence-corrected chi connectivity index (χ0v) is 18.0. The van der Waals surface area contributed by atoms with Crippen LogP contribution in [0.4, 0.5) is 0 Å². The predicted molar refractivity (Wildman–Crippen MR) is 119 cm³/mol. The number of nitrogens with one attached hydrogen (secondary N) is 1. The highest BCUT2D eigenvalue weighted by Gasteiger charge is 2.26. The Labute approximate surface area is 180 Å². The second-order valence-electron chi connectivity index (χ2n) is 7.92. The Balaban J connectivity index is 1.59. The Hall–Kier alpha value is -2.63. The first-order valence-corrected chi connectivity index (χ1v) is 10.6. The van der Waals surface area contributed by atoms with Crippen molar-refractivity contribution in [2.75, 3.05) is 19.6 Å². The SMILES string of the molecule is Cc1cc(C)c2c(=O)cc(C(=O)NC[C@@H](c3ccccc3Cl)N3CCCC3)oc2c1. The third-order valence-corrected chi connectivity index (χ3v) is 6.04. The Kier molecular flexibility index (Phi) is 5.93. The molecule has 0 saturated carbocycles. The summed E-state index contributed by atoms with van der Waals surface area (Å²) in [5.41, 5.74) is 3.05. The summed E-state index contributed by atoms with van der Waals surface area (Å²) in [6.45, 7) is 6.13. The largest absolute Gasteiger partial charge is 0.451 e. The van der Waals surface area contributed by atoms with Crippen molar-refractivity contribution in [3.63, 3.8) is 0 Å². The van der Waals surface area contributed by atoms with E-state index in [4.69, 9.17) is 16.0 Å². The molecule has 2 aromatic carbocycles. The molecule has 0 spiro atoms. The Morgan fingerprint density at radius 2 is 1.90 bits per heavy atom. The molecule has 0 unspecified atom stereocenters. The van der Waals surface area contributed by atoms with Crippen LogP contribution in [-0.2, 0) is 0 Å². The van der Waals surface area contributed by atoms with Crippen LogP contribution in [0.2, 0.25) is 5.02 Å². The van der Waals surface area contributed by atoms with Crippen LogP contribution in [0.3, 0.4) is 0 Å². The molecule has 5 nitrogen and oxygen atoms in total. The quantitative estimate of drug-likeness (QED) is 0.648. The van der Waals surface area contributed by atoms with Crippen LogP contribution in [0.1, 0.15) is 46.1 Å².